The Bertz CT molecular complexity index is 534. The zero-order valence-corrected chi connectivity index (χ0v) is 10.7. The summed E-state index contributed by atoms with van der Waals surface area (Å²) in [5, 5.41) is 1.11. The van der Waals surface area contributed by atoms with E-state index in [0.717, 1.165) is 5.69 Å². The predicted molar refractivity (Wildman–Crippen MR) is 66.7 cm³/mol. The summed E-state index contributed by atoms with van der Waals surface area (Å²) in [4.78, 5) is 24.0. The Hall–Kier alpha value is -1.65. The fraction of sp³-hybridized carbons (Fsp3) is 0.545. The van der Waals surface area contributed by atoms with Crippen LogP contribution in [-0.4, -0.2) is 42.3 Å². The first-order valence-electron chi connectivity index (χ1n) is 5.03. The van der Waals surface area contributed by atoms with E-state index >= 15 is 0 Å². The van der Waals surface area contributed by atoms with Crippen molar-refractivity contribution >= 4 is 11.4 Å². The van der Waals surface area contributed by atoms with Gasteiger partial charge in [0.05, 0.1) is 5.69 Å². The summed E-state index contributed by atoms with van der Waals surface area (Å²) >= 11 is 0. The van der Waals surface area contributed by atoms with Crippen LogP contribution in [0.15, 0.2) is 14.8 Å². The van der Waals surface area contributed by atoms with Gasteiger partial charge in [0.25, 0.3) is 0 Å². The Kier molecular flexibility index (Phi) is 3.47. The maximum atomic E-state index is 12.1. The molecule has 1 aromatic carbocycles. The molecule has 0 amide bonds. The minimum atomic E-state index is -0.0585. The molecule has 5 heteroatoms. The maximum absolute atomic E-state index is 12.1. The van der Waals surface area contributed by atoms with Crippen LogP contribution in [0.2, 0.25) is 0 Å². The summed E-state index contributed by atoms with van der Waals surface area (Å²) in [5.74, 6) is 0. The van der Waals surface area contributed by atoms with Gasteiger partial charge in [-0.3, -0.25) is 14.8 Å². The lowest BCUT2D eigenvalue weighted by Crippen LogP contribution is -2.34. The summed E-state index contributed by atoms with van der Waals surface area (Å²) in [6, 6.07) is 0. The van der Waals surface area contributed by atoms with Gasteiger partial charge in [-0.05, 0) is 0 Å². The molecule has 0 bridgehead atoms. The standard InChI is InChI=1S/C11H18N4O/c1-12-7-8(13-2)11(16)10(15(5)6)9(7)14(3)4/h1-6H3. The molecule has 0 spiro atoms. The Morgan fingerprint density at radius 3 is 1.56 bits per heavy atom. The fourth-order valence-electron chi connectivity index (χ4n) is 1.81. The van der Waals surface area contributed by atoms with Gasteiger partial charge in [-0.1, -0.05) is 0 Å². The second-order valence-corrected chi connectivity index (χ2v) is 3.96. The molecule has 88 valence electrons. The average Bonchev–Trinajstić information content (AvgIpc) is 2.50. The van der Waals surface area contributed by atoms with E-state index in [1.165, 1.54) is 0 Å². The van der Waals surface area contributed by atoms with Gasteiger partial charge < -0.3 is 9.80 Å². The molecule has 0 aliphatic heterocycles. The lowest BCUT2D eigenvalue weighted by Gasteiger charge is -2.17. The van der Waals surface area contributed by atoms with Crippen LogP contribution in [0.25, 0.3) is 0 Å². The van der Waals surface area contributed by atoms with Gasteiger partial charge in [0.2, 0.25) is 5.43 Å². The van der Waals surface area contributed by atoms with Gasteiger partial charge in [0, 0.05) is 42.3 Å². The van der Waals surface area contributed by atoms with Gasteiger partial charge in [-0.25, -0.2) is 0 Å². The second-order valence-electron chi connectivity index (χ2n) is 3.96. The van der Waals surface area contributed by atoms with Crippen molar-refractivity contribution in [1.29, 1.82) is 0 Å². The molecule has 0 atom stereocenters. The highest BCUT2D eigenvalue weighted by Crippen LogP contribution is 2.16. The first-order chi connectivity index (χ1) is 7.45. The number of hydrogen-bond donors (Lipinski definition) is 0. The Morgan fingerprint density at radius 2 is 1.25 bits per heavy atom. The van der Waals surface area contributed by atoms with Crippen molar-refractivity contribution < 1.29 is 0 Å². The van der Waals surface area contributed by atoms with Crippen LogP contribution in [0.3, 0.4) is 0 Å². The molecule has 1 aromatic rings. The summed E-state index contributed by atoms with van der Waals surface area (Å²) in [5.41, 5.74) is 1.42. The smallest absolute Gasteiger partial charge is 0.231 e. The van der Waals surface area contributed by atoms with Crippen LogP contribution in [0.1, 0.15) is 0 Å². The zero-order valence-electron chi connectivity index (χ0n) is 10.7. The molecule has 0 radical (unpaired) electrons. The Labute approximate surface area is 95.1 Å². The molecule has 0 saturated carbocycles. The van der Waals surface area contributed by atoms with E-state index in [1.54, 1.807) is 19.0 Å². The van der Waals surface area contributed by atoms with Gasteiger partial charge in [-0.2, -0.15) is 0 Å². The highest BCUT2D eigenvalue weighted by atomic mass is 16.1. The van der Waals surface area contributed by atoms with Crippen LogP contribution in [0.4, 0.5) is 11.4 Å². The average molecular weight is 222 g/mol. The maximum Gasteiger partial charge on any atom is 0.231 e. The molecule has 16 heavy (non-hydrogen) atoms. The first kappa shape index (κ1) is 12.4. The molecule has 0 fully saturated rings. The van der Waals surface area contributed by atoms with Gasteiger partial charge >= 0.3 is 0 Å². The largest absolute Gasteiger partial charge is 0.374 e. The van der Waals surface area contributed by atoms with Crippen LogP contribution < -0.4 is 25.9 Å². The number of hydrogen-bond acceptors (Lipinski definition) is 5. The number of nitrogens with zero attached hydrogens (tertiary/aromatic N) is 4. The van der Waals surface area contributed by atoms with E-state index in [-0.39, 0.29) is 5.43 Å². The van der Waals surface area contributed by atoms with Crippen LogP contribution in [0.5, 0.6) is 0 Å². The van der Waals surface area contributed by atoms with Crippen molar-refractivity contribution in [3.05, 3.63) is 20.9 Å². The molecular formula is C11H18N4O. The van der Waals surface area contributed by atoms with E-state index in [9.17, 15) is 4.79 Å². The molecular weight excluding hydrogens is 204 g/mol. The highest BCUT2D eigenvalue weighted by Gasteiger charge is 2.19. The molecule has 5 nitrogen and oxygen atoms in total. The molecule has 0 heterocycles. The van der Waals surface area contributed by atoms with E-state index in [4.69, 9.17) is 0 Å². The normalized spacial score (nSPS) is 13.4. The molecule has 0 unspecified atom stereocenters. The SMILES string of the molecule is CN=c1c(N(C)C)c(N(C)C)c(=O)c1=NC. The molecule has 1 rings (SSSR count). The van der Waals surface area contributed by atoms with Gasteiger partial charge in [0.15, 0.2) is 0 Å². The molecule has 0 aliphatic rings. The monoisotopic (exact) mass is 222 g/mol. The quantitative estimate of drug-likeness (QED) is 0.652. The van der Waals surface area contributed by atoms with Gasteiger partial charge in [-0.15, -0.1) is 0 Å². The van der Waals surface area contributed by atoms with E-state index in [0.29, 0.717) is 16.4 Å². The van der Waals surface area contributed by atoms with E-state index < -0.39 is 0 Å². The van der Waals surface area contributed by atoms with Crippen molar-refractivity contribution in [3.8, 4) is 0 Å². The van der Waals surface area contributed by atoms with E-state index in [1.807, 2.05) is 33.1 Å². The lowest BCUT2D eigenvalue weighted by molar-refractivity contribution is 1.06. The number of anilines is 2. The van der Waals surface area contributed by atoms with Crippen LogP contribution in [0, 0.1) is 0 Å². The van der Waals surface area contributed by atoms with Crippen molar-refractivity contribution in [2.75, 3.05) is 52.1 Å². The van der Waals surface area contributed by atoms with Crippen LogP contribution >= 0.6 is 0 Å². The van der Waals surface area contributed by atoms with Crippen molar-refractivity contribution in [3.63, 3.8) is 0 Å². The Balaban J connectivity index is 3.91. The van der Waals surface area contributed by atoms with Crippen LogP contribution in [-0.2, 0) is 0 Å². The fourth-order valence-corrected chi connectivity index (χ4v) is 1.81. The van der Waals surface area contributed by atoms with Crippen molar-refractivity contribution in [1.82, 2.24) is 0 Å². The Morgan fingerprint density at radius 1 is 0.812 bits per heavy atom. The third-order valence-corrected chi connectivity index (χ3v) is 2.44. The highest BCUT2D eigenvalue weighted by molar-refractivity contribution is 5.71. The summed E-state index contributed by atoms with van der Waals surface area (Å²) in [6.07, 6.45) is 0. The second kappa shape index (κ2) is 4.47. The predicted octanol–water partition coefficient (Wildman–Crippen LogP) is -0.885. The lowest BCUT2D eigenvalue weighted by atomic mass is 10.4. The summed E-state index contributed by atoms with van der Waals surface area (Å²) in [7, 11) is 10.8. The third-order valence-electron chi connectivity index (χ3n) is 2.44. The minimum Gasteiger partial charge on any atom is -0.374 e. The zero-order chi connectivity index (χ0) is 12.5. The van der Waals surface area contributed by atoms with E-state index in [2.05, 4.69) is 9.98 Å². The van der Waals surface area contributed by atoms with Crippen molar-refractivity contribution in [2.24, 2.45) is 9.98 Å². The summed E-state index contributed by atoms with van der Waals surface area (Å²) < 4.78 is 0. The molecule has 0 N–H and O–H groups in total. The van der Waals surface area contributed by atoms with Gasteiger partial charge in [0.1, 0.15) is 16.4 Å². The summed E-state index contributed by atoms with van der Waals surface area (Å²) in [6.45, 7) is 0. The minimum absolute atomic E-state index is 0.0585. The first-order valence-corrected chi connectivity index (χ1v) is 5.03. The topological polar surface area (TPSA) is 48.3 Å². The molecule has 0 aromatic heterocycles. The molecule has 0 saturated heterocycles. The molecule has 0 aliphatic carbocycles. The van der Waals surface area contributed by atoms with Crippen molar-refractivity contribution in [2.45, 2.75) is 0 Å². The number of rotatable bonds is 2. The third kappa shape index (κ3) is 1.73.